The summed E-state index contributed by atoms with van der Waals surface area (Å²) in [6.07, 6.45) is 2.37. The fourth-order valence-electron chi connectivity index (χ4n) is 2.07. The van der Waals surface area contributed by atoms with Gasteiger partial charge in [-0.25, -0.2) is 0 Å². The van der Waals surface area contributed by atoms with Gasteiger partial charge in [0.25, 0.3) is 0 Å². The number of hydrogen-bond donors (Lipinski definition) is 1. The van der Waals surface area contributed by atoms with Crippen LogP contribution in [-0.4, -0.2) is 6.10 Å². The van der Waals surface area contributed by atoms with E-state index >= 15 is 0 Å². The Kier molecular flexibility index (Phi) is 3.12. The van der Waals surface area contributed by atoms with E-state index in [-0.39, 0.29) is 12.1 Å². The number of ether oxygens (including phenoxy) is 1. The van der Waals surface area contributed by atoms with Crippen LogP contribution in [0.2, 0.25) is 0 Å². The van der Waals surface area contributed by atoms with Crippen molar-refractivity contribution in [1.82, 2.24) is 0 Å². The maximum atomic E-state index is 8.83. The summed E-state index contributed by atoms with van der Waals surface area (Å²) in [6, 6.07) is 8.24. The smallest absolute Gasteiger partial charge is 0.184 e. The highest BCUT2D eigenvalue weighted by molar-refractivity contribution is 5.40. The monoisotopic (exact) mass is 216 g/mol. The van der Waals surface area contributed by atoms with Crippen LogP contribution in [0.3, 0.4) is 0 Å². The van der Waals surface area contributed by atoms with Gasteiger partial charge in [0.1, 0.15) is 11.8 Å². The molecule has 1 aliphatic carbocycles. The molecule has 1 aromatic carbocycles. The molecule has 1 unspecified atom stereocenters. The van der Waals surface area contributed by atoms with Crippen LogP contribution in [0.15, 0.2) is 18.2 Å². The number of fused-ring (bicyclic) bond motifs is 1. The lowest BCUT2D eigenvalue weighted by Gasteiger charge is -2.12. The predicted molar refractivity (Wildman–Crippen MR) is 62.0 cm³/mol. The van der Waals surface area contributed by atoms with Gasteiger partial charge >= 0.3 is 0 Å². The number of rotatable bonds is 3. The lowest BCUT2D eigenvalue weighted by atomic mass is 10.1. The predicted octanol–water partition coefficient (Wildman–Crippen LogP) is 2.31. The van der Waals surface area contributed by atoms with Crippen LogP contribution in [0.5, 0.6) is 5.75 Å². The molecule has 0 aliphatic heterocycles. The molecule has 2 atom stereocenters. The molecular formula is C13H16N2O. The molecule has 0 aromatic heterocycles. The Balaban J connectivity index is 2.17. The van der Waals surface area contributed by atoms with Gasteiger partial charge in [-0.05, 0) is 42.5 Å². The molecule has 0 saturated heterocycles. The number of aryl methyl sites for hydroxylation is 1. The van der Waals surface area contributed by atoms with Crippen LogP contribution in [0, 0.1) is 11.3 Å². The molecule has 1 aliphatic rings. The Labute approximate surface area is 95.8 Å². The first kappa shape index (κ1) is 11.0. The van der Waals surface area contributed by atoms with Crippen LogP contribution in [-0.2, 0) is 6.42 Å². The first-order valence-corrected chi connectivity index (χ1v) is 5.69. The van der Waals surface area contributed by atoms with E-state index in [1.54, 1.807) is 0 Å². The highest BCUT2D eigenvalue weighted by Crippen LogP contribution is 2.32. The molecule has 0 fully saturated rings. The maximum absolute atomic E-state index is 8.83. The summed E-state index contributed by atoms with van der Waals surface area (Å²) in [6.45, 7) is 1.94. The fourth-order valence-corrected chi connectivity index (χ4v) is 2.07. The van der Waals surface area contributed by atoms with Crippen LogP contribution in [0.4, 0.5) is 0 Å². The van der Waals surface area contributed by atoms with E-state index in [9.17, 15) is 0 Å². The van der Waals surface area contributed by atoms with Gasteiger partial charge in [0.05, 0.1) is 0 Å². The second-order valence-electron chi connectivity index (χ2n) is 4.15. The van der Waals surface area contributed by atoms with Gasteiger partial charge in [-0.2, -0.15) is 5.26 Å². The summed E-state index contributed by atoms with van der Waals surface area (Å²) in [7, 11) is 0. The molecule has 0 spiro atoms. The van der Waals surface area contributed by atoms with E-state index in [1.165, 1.54) is 11.1 Å². The normalized spacial score (nSPS) is 19.9. The summed E-state index contributed by atoms with van der Waals surface area (Å²) >= 11 is 0. The second kappa shape index (κ2) is 4.54. The molecule has 16 heavy (non-hydrogen) atoms. The Morgan fingerprint density at radius 1 is 1.62 bits per heavy atom. The Hall–Kier alpha value is -1.53. The summed E-state index contributed by atoms with van der Waals surface area (Å²) in [5.74, 6) is 0.779. The number of nitrogens with two attached hydrogens (primary N) is 1. The number of nitriles is 1. The van der Waals surface area contributed by atoms with E-state index in [0.29, 0.717) is 6.42 Å². The standard InChI is InChI=1S/C13H16N2O/c1-2-10(8-14)16-11-4-5-12-9(7-11)3-6-13(12)15/h4-5,7,10,13H,2-3,6,15H2,1H3/t10?,13-/m0/s1. The summed E-state index contributed by atoms with van der Waals surface area (Å²) in [5.41, 5.74) is 8.44. The van der Waals surface area contributed by atoms with Crippen molar-refractivity contribution in [1.29, 1.82) is 5.26 Å². The average Bonchev–Trinajstić information content (AvgIpc) is 2.68. The molecule has 2 N–H and O–H groups in total. The second-order valence-corrected chi connectivity index (χ2v) is 4.15. The molecule has 3 nitrogen and oxygen atoms in total. The largest absolute Gasteiger partial charge is 0.476 e. The van der Waals surface area contributed by atoms with Gasteiger partial charge in [-0.15, -0.1) is 0 Å². The molecule has 2 rings (SSSR count). The molecule has 0 saturated carbocycles. The fraction of sp³-hybridized carbons (Fsp3) is 0.462. The van der Waals surface area contributed by atoms with Crippen LogP contribution < -0.4 is 10.5 Å². The summed E-state index contributed by atoms with van der Waals surface area (Å²) in [4.78, 5) is 0. The van der Waals surface area contributed by atoms with Crippen molar-refractivity contribution in [3.05, 3.63) is 29.3 Å². The molecule has 0 amide bonds. The van der Waals surface area contributed by atoms with Crippen molar-refractivity contribution < 1.29 is 4.74 Å². The number of nitrogens with zero attached hydrogens (tertiary/aromatic N) is 1. The number of benzene rings is 1. The van der Waals surface area contributed by atoms with Crippen LogP contribution in [0.1, 0.15) is 36.9 Å². The third kappa shape index (κ3) is 2.02. The number of hydrogen-bond acceptors (Lipinski definition) is 3. The summed E-state index contributed by atoms with van der Waals surface area (Å²) < 4.78 is 5.57. The summed E-state index contributed by atoms with van der Waals surface area (Å²) in [5, 5.41) is 8.83. The van der Waals surface area contributed by atoms with Gasteiger partial charge in [0, 0.05) is 6.04 Å². The van der Waals surface area contributed by atoms with Gasteiger partial charge in [0.15, 0.2) is 6.10 Å². The zero-order valence-electron chi connectivity index (χ0n) is 9.44. The van der Waals surface area contributed by atoms with Gasteiger partial charge in [0.2, 0.25) is 0 Å². The minimum absolute atomic E-state index is 0.169. The third-order valence-electron chi connectivity index (χ3n) is 3.03. The van der Waals surface area contributed by atoms with E-state index < -0.39 is 0 Å². The van der Waals surface area contributed by atoms with Gasteiger partial charge < -0.3 is 10.5 Å². The molecule has 1 aromatic rings. The first-order chi connectivity index (χ1) is 7.74. The van der Waals surface area contributed by atoms with Gasteiger partial charge in [-0.1, -0.05) is 13.0 Å². The lowest BCUT2D eigenvalue weighted by molar-refractivity contribution is 0.251. The minimum atomic E-state index is -0.354. The molecule has 84 valence electrons. The van der Waals surface area contributed by atoms with E-state index in [4.69, 9.17) is 15.7 Å². The topological polar surface area (TPSA) is 59.0 Å². The highest BCUT2D eigenvalue weighted by atomic mass is 16.5. The van der Waals surface area contributed by atoms with E-state index in [0.717, 1.165) is 18.6 Å². The van der Waals surface area contributed by atoms with Crippen molar-refractivity contribution in [2.45, 2.75) is 38.3 Å². The van der Waals surface area contributed by atoms with Crippen LogP contribution in [0.25, 0.3) is 0 Å². The molecule has 0 heterocycles. The molecule has 0 bridgehead atoms. The van der Waals surface area contributed by atoms with Crippen molar-refractivity contribution >= 4 is 0 Å². The van der Waals surface area contributed by atoms with Crippen molar-refractivity contribution in [3.8, 4) is 11.8 Å². The Morgan fingerprint density at radius 3 is 3.12 bits per heavy atom. The average molecular weight is 216 g/mol. The quantitative estimate of drug-likeness (QED) is 0.843. The SMILES string of the molecule is CCC(C#N)Oc1ccc2c(c1)CC[C@@H]2N. The Bertz CT molecular complexity index is 422. The Morgan fingerprint density at radius 2 is 2.44 bits per heavy atom. The zero-order valence-corrected chi connectivity index (χ0v) is 9.44. The van der Waals surface area contributed by atoms with E-state index in [2.05, 4.69) is 6.07 Å². The third-order valence-corrected chi connectivity index (χ3v) is 3.03. The van der Waals surface area contributed by atoms with Crippen molar-refractivity contribution in [2.24, 2.45) is 5.73 Å². The highest BCUT2D eigenvalue weighted by Gasteiger charge is 2.19. The van der Waals surface area contributed by atoms with Crippen LogP contribution >= 0.6 is 0 Å². The van der Waals surface area contributed by atoms with Crippen molar-refractivity contribution in [2.75, 3.05) is 0 Å². The molecular weight excluding hydrogens is 200 g/mol. The minimum Gasteiger partial charge on any atom is -0.476 e. The zero-order chi connectivity index (χ0) is 11.5. The molecule has 0 radical (unpaired) electrons. The molecule has 3 heteroatoms. The van der Waals surface area contributed by atoms with Crippen molar-refractivity contribution in [3.63, 3.8) is 0 Å². The van der Waals surface area contributed by atoms with E-state index in [1.807, 2.05) is 25.1 Å². The maximum Gasteiger partial charge on any atom is 0.184 e. The first-order valence-electron chi connectivity index (χ1n) is 5.69. The lowest BCUT2D eigenvalue weighted by Crippen LogP contribution is -2.12. The van der Waals surface area contributed by atoms with Gasteiger partial charge in [-0.3, -0.25) is 0 Å².